The Hall–Kier alpha value is -3.13. The van der Waals surface area contributed by atoms with Gasteiger partial charge in [-0.1, -0.05) is 17.7 Å². The number of hydrogen-bond acceptors (Lipinski definition) is 10. The number of halogens is 3. The summed E-state index contributed by atoms with van der Waals surface area (Å²) in [5, 5.41) is 13.9. The van der Waals surface area contributed by atoms with Gasteiger partial charge in [-0.05, 0) is 13.0 Å². The number of aliphatic imine (C=N–C) groups is 1. The molecule has 2 aliphatic heterocycles. The van der Waals surface area contributed by atoms with Crippen LogP contribution in [0.4, 0.5) is 13.6 Å². The molecule has 10 nitrogen and oxygen atoms in total. The quantitative estimate of drug-likeness (QED) is 0.400. The number of nitrogens with zero attached hydrogens (tertiary/aromatic N) is 3. The third-order valence-electron chi connectivity index (χ3n) is 5.40. The van der Waals surface area contributed by atoms with Crippen molar-refractivity contribution in [2.24, 2.45) is 4.99 Å². The van der Waals surface area contributed by atoms with Gasteiger partial charge in [0.05, 0.1) is 30.4 Å². The third kappa shape index (κ3) is 5.48. The van der Waals surface area contributed by atoms with Crippen molar-refractivity contribution in [3.8, 4) is 0 Å². The molecule has 36 heavy (non-hydrogen) atoms. The number of carboxylic acid groups (broad SMARTS) is 1. The standard InChI is InChI=1S/C22H21ClF2N4O6S/c1-2-34-21(30)15-13(9-29-6-7-33-10-14(29)35-22(31)32)27-19(20-26-5-8-36-20)28-18(15)11-3-4-12(24)17(25)16(11)23/h3-5,8,14,18H,2,6-7,9-10H2,1H3,(H,27,28)(H,31,32)/t14-,18-/m0/s1. The van der Waals surface area contributed by atoms with E-state index < -0.39 is 41.1 Å². The maximum Gasteiger partial charge on any atom is 0.507 e. The first-order chi connectivity index (χ1) is 17.3. The summed E-state index contributed by atoms with van der Waals surface area (Å²) < 4.78 is 43.8. The van der Waals surface area contributed by atoms with Crippen LogP contribution in [0.1, 0.15) is 23.5 Å². The lowest BCUT2D eigenvalue weighted by Crippen LogP contribution is -2.50. The lowest BCUT2D eigenvalue weighted by molar-refractivity contribution is -0.139. The normalized spacial score (nSPS) is 20.5. The molecule has 1 aromatic carbocycles. The zero-order valence-electron chi connectivity index (χ0n) is 18.9. The summed E-state index contributed by atoms with van der Waals surface area (Å²) in [5.41, 5.74) is 0.345. The van der Waals surface area contributed by atoms with Crippen molar-refractivity contribution in [3.63, 3.8) is 0 Å². The van der Waals surface area contributed by atoms with E-state index in [0.717, 1.165) is 6.07 Å². The summed E-state index contributed by atoms with van der Waals surface area (Å²) in [7, 11) is 0. The van der Waals surface area contributed by atoms with Crippen LogP contribution in [0.3, 0.4) is 0 Å². The van der Waals surface area contributed by atoms with Gasteiger partial charge in [0.15, 0.2) is 28.7 Å². The van der Waals surface area contributed by atoms with E-state index in [0.29, 0.717) is 23.9 Å². The lowest BCUT2D eigenvalue weighted by Gasteiger charge is -2.36. The average molecular weight is 543 g/mol. The molecular formula is C22H21ClF2N4O6S. The van der Waals surface area contributed by atoms with Crippen LogP contribution >= 0.6 is 22.9 Å². The molecular weight excluding hydrogens is 522 g/mol. The molecule has 2 atom stereocenters. The molecule has 4 rings (SSSR count). The van der Waals surface area contributed by atoms with Gasteiger partial charge in [-0.3, -0.25) is 9.89 Å². The van der Waals surface area contributed by atoms with Crippen molar-refractivity contribution in [3.05, 3.63) is 62.2 Å². The second-order valence-electron chi connectivity index (χ2n) is 7.60. The van der Waals surface area contributed by atoms with Crippen LogP contribution in [0.2, 0.25) is 5.02 Å². The smallest absolute Gasteiger partial charge is 0.463 e. The number of ether oxygens (including phenoxy) is 3. The fraction of sp³-hybridized carbons (Fsp3) is 0.364. The highest BCUT2D eigenvalue weighted by molar-refractivity contribution is 7.11. The highest BCUT2D eigenvalue weighted by atomic mass is 35.5. The number of thiazole rings is 1. The van der Waals surface area contributed by atoms with Gasteiger partial charge in [0, 0.05) is 35.9 Å². The Morgan fingerprint density at radius 2 is 2.19 bits per heavy atom. The van der Waals surface area contributed by atoms with Gasteiger partial charge in [0.25, 0.3) is 0 Å². The van der Waals surface area contributed by atoms with Crippen molar-refractivity contribution in [2.75, 3.05) is 32.9 Å². The summed E-state index contributed by atoms with van der Waals surface area (Å²) in [6.07, 6.45) is -0.864. The van der Waals surface area contributed by atoms with Crippen LogP contribution in [0.15, 0.2) is 40.0 Å². The van der Waals surface area contributed by atoms with E-state index in [1.54, 1.807) is 23.4 Å². The summed E-state index contributed by atoms with van der Waals surface area (Å²) in [5.74, 6) is -2.91. The second-order valence-corrected chi connectivity index (χ2v) is 8.88. The van der Waals surface area contributed by atoms with Crippen molar-refractivity contribution in [2.45, 2.75) is 19.2 Å². The van der Waals surface area contributed by atoms with Crippen LogP contribution in [0.25, 0.3) is 0 Å². The maximum absolute atomic E-state index is 14.4. The minimum absolute atomic E-state index is 0.00234. The van der Waals surface area contributed by atoms with Gasteiger partial charge < -0.3 is 24.6 Å². The molecule has 0 aliphatic carbocycles. The summed E-state index contributed by atoms with van der Waals surface area (Å²) in [6.45, 7) is 2.24. The SMILES string of the molecule is CCOC(=O)C1=C(CN2CCOC[C@@H]2OC(=O)O)NC(c2nccs2)=N[C@H]1c1ccc(F)c(F)c1Cl. The number of carbonyl (C=O) groups excluding carboxylic acids is 1. The highest BCUT2D eigenvalue weighted by Crippen LogP contribution is 2.38. The lowest BCUT2D eigenvalue weighted by atomic mass is 9.95. The number of esters is 1. The van der Waals surface area contributed by atoms with E-state index in [2.05, 4.69) is 15.3 Å². The molecule has 0 radical (unpaired) electrons. The van der Waals surface area contributed by atoms with E-state index in [1.165, 1.54) is 17.4 Å². The van der Waals surface area contributed by atoms with Gasteiger partial charge >= 0.3 is 12.1 Å². The number of hydrogen-bond donors (Lipinski definition) is 2. The predicted molar refractivity (Wildman–Crippen MR) is 125 cm³/mol. The third-order valence-corrected chi connectivity index (χ3v) is 6.57. The molecule has 3 heterocycles. The van der Waals surface area contributed by atoms with Gasteiger partial charge in [-0.15, -0.1) is 11.3 Å². The first kappa shape index (κ1) is 25.9. The molecule has 192 valence electrons. The van der Waals surface area contributed by atoms with Crippen molar-refractivity contribution in [1.82, 2.24) is 15.2 Å². The molecule has 14 heteroatoms. The van der Waals surface area contributed by atoms with Crippen LogP contribution < -0.4 is 5.32 Å². The molecule has 1 fully saturated rings. The first-order valence-electron chi connectivity index (χ1n) is 10.8. The fourth-order valence-corrected chi connectivity index (χ4v) is 4.66. The Morgan fingerprint density at radius 1 is 1.39 bits per heavy atom. The molecule has 0 unspecified atom stereocenters. The molecule has 0 spiro atoms. The zero-order chi connectivity index (χ0) is 25.8. The Kier molecular flexibility index (Phi) is 8.14. The van der Waals surface area contributed by atoms with E-state index in [1.807, 2.05) is 0 Å². The summed E-state index contributed by atoms with van der Waals surface area (Å²) >= 11 is 7.43. The van der Waals surface area contributed by atoms with Crippen LogP contribution in [0.5, 0.6) is 0 Å². The Bertz CT molecular complexity index is 1210. The summed E-state index contributed by atoms with van der Waals surface area (Å²) in [4.78, 5) is 34.8. The minimum Gasteiger partial charge on any atom is -0.463 e. The van der Waals surface area contributed by atoms with Crippen molar-refractivity contribution in [1.29, 1.82) is 0 Å². The number of carbonyl (C=O) groups is 2. The fourth-order valence-electron chi connectivity index (χ4n) is 3.82. The van der Waals surface area contributed by atoms with Crippen LogP contribution in [0, 0.1) is 11.6 Å². The van der Waals surface area contributed by atoms with E-state index in [-0.39, 0.29) is 36.7 Å². The Balaban J connectivity index is 1.83. The molecule has 0 amide bonds. The number of aromatic nitrogens is 1. The average Bonchev–Trinajstić information content (AvgIpc) is 3.38. The highest BCUT2D eigenvalue weighted by Gasteiger charge is 2.37. The van der Waals surface area contributed by atoms with Gasteiger partial charge in [0.1, 0.15) is 6.04 Å². The van der Waals surface area contributed by atoms with Crippen molar-refractivity contribution < 1.29 is 37.7 Å². The molecule has 2 aromatic rings. The minimum atomic E-state index is -1.48. The van der Waals surface area contributed by atoms with Gasteiger partial charge in [0.2, 0.25) is 0 Å². The topological polar surface area (TPSA) is 123 Å². The molecule has 0 bridgehead atoms. The Labute approximate surface area is 213 Å². The van der Waals surface area contributed by atoms with Crippen molar-refractivity contribution >= 4 is 40.9 Å². The zero-order valence-corrected chi connectivity index (χ0v) is 20.4. The number of benzene rings is 1. The molecule has 1 saturated heterocycles. The molecule has 2 N–H and O–H groups in total. The van der Waals surface area contributed by atoms with E-state index in [9.17, 15) is 18.4 Å². The maximum atomic E-state index is 14.4. The first-order valence-corrected chi connectivity index (χ1v) is 12.1. The van der Waals surface area contributed by atoms with Crippen LogP contribution in [-0.2, 0) is 19.0 Å². The largest absolute Gasteiger partial charge is 0.507 e. The molecule has 1 aromatic heterocycles. The van der Waals surface area contributed by atoms with Gasteiger partial charge in [-0.25, -0.2) is 23.4 Å². The van der Waals surface area contributed by atoms with Crippen LogP contribution in [-0.4, -0.2) is 72.1 Å². The van der Waals surface area contributed by atoms with E-state index >= 15 is 0 Å². The summed E-state index contributed by atoms with van der Waals surface area (Å²) in [6, 6.07) is 0.988. The number of rotatable bonds is 7. The molecule has 0 saturated carbocycles. The predicted octanol–water partition coefficient (Wildman–Crippen LogP) is 3.34. The molecule has 2 aliphatic rings. The number of nitrogens with one attached hydrogen (secondary N) is 1. The Morgan fingerprint density at radius 3 is 2.89 bits per heavy atom. The van der Waals surface area contributed by atoms with Gasteiger partial charge in [-0.2, -0.15) is 0 Å². The van der Waals surface area contributed by atoms with E-state index in [4.69, 9.17) is 30.9 Å². The number of morpholine rings is 1. The number of amidine groups is 1. The monoisotopic (exact) mass is 542 g/mol. The second kappa shape index (κ2) is 11.3.